The Balaban J connectivity index is 1.65. The first kappa shape index (κ1) is 15.7. The van der Waals surface area contributed by atoms with E-state index in [4.69, 9.17) is 0 Å². The molecule has 0 unspecified atom stereocenters. The second-order valence-electron chi connectivity index (χ2n) is 6.66. The van der Waals surface area contributed by atoms with Gasteiger partial charge in [-0.15, -0.1) is 0 Å². The Morgan fingerprint density at radius 3 is 2.91 bits per heavy atom. The Morgan fingerprint density at radius 1 is 1.39 bits per heavy atom. The van der Waals surface area contributed by atoms with Gasteiger partial charge in [-0.1, -0.05) is 19.9 Å². The number of aromatic nitrogens is 3. The Morgan fingerprint density at radius 2 is 2.22 bits per heavy atom. The average molecular weight is 312 g/mol. The molecular weight excluding hydrogens is 288 g/mol. The second-order valence-corrected chi connectivity index (χ2v) is 6.66. The van der Waals surface area contributed by atoms with E-state index in [1.807, 2.05) is 19.1 Å². The van der Waals surface area contributed by atoms with Crippen LogP contribution in [0.5, 0.6) is 0 Å². The summed E-state index contributed by atoms with van der Waals surface area (Å²) < 4.78 is 0. The van der Waals surface area contributed by atoms with Crippen LogP contribution in [-0.2, 0) is 17.6 Å². The molecule has 0 radical (unpaired) electrons. The van der Waals surface area contributed by atoms with Crippen LogP contribution >= 0.6 is 0 Å². The lowest BCUT2D eigenvalue weighted by molar-refractivity contribution is -0.126. The van der Waals surface area contributed by atoms with Gasteiger partial charge in [0.15, 0.2) is 0 Å². The molecule has 0 saturated carbocycles. The molecule has 0 fully saturated rings. The summed E-state index contributed by atoms with van der Waals surface area (Å²) in [7, 11) is 0. The molecule has 0 bridgehead atoms. The SMILES string of the molecule is CC(C)c1nc2c([nH]1)C[C@@H](C(=O)N[C@H](C)c1cccnc1)CC2. The van der Waals surface area contributed by atoms with Crippen molar-refractivity contribution in [3.05, 3.63) is 47.3 Å². The van der Waals surface area contributed by atoms with Crippen LogP contribution in [-0.4, -0.2) is 20.9 Å². The van der Waals surface area contributed by atoms with Crippen molar-refractivity contribution in [2.45, 2.75) is 52.0 Å². The molecule has 0 saturated heterocycles. The molecule has 2 N–H and O–H groups in total. The first-order valence-corrected chi connectivity index (χ1v) is 8.32. The molecular formula is C18H24N4O. The highest BCUT2D eigenvalue weighted by Gasteiger charge is 2.28. The van der Waals surface area contributed by atoms with Crippen molar-refractivity contribution in [1.82, 2.24) is 20.3 Å². The quantitative estimate of drug-likeness (QED) is 0.912. The highest BCUT2D eigenvalue weighted by molar-refractivity contribution is 5.79. The number of rotatable bonds is 4. The first-order valence-electron chi connectivity index (χ1n) is 8.32. The number of aryl methyl sites for hydroxylation is 1. The average Bonchev–Trinajstić information content (AvgIpc) is 2.99. The number of nitrogens with zero attached hydrogens (tertiary/aromatic N) is 2. The fourth-order valence-electron chi connectivity index (χ4n) is 3.05. The Bertz CT molecular complexity index is 678. The van der Waals surface area contributed by atoms with Gasteiger partial charge in [-0.25, -0.2) is 4.98 Å². The number of imidazole rings is 1. The van der Waals surface area contributed by atoms with E-state index in [0.717, 1.165) is 42.0 Å². The van der Waals surface area contributed by atoms with Crippen LogP contribution in [0.2, 0.25) is 0 Å². The van der Waals surface area contributed by atoms with E-state index in [1.165, 1.54) is 0 Å². The minimum atomic E-state index is -0.0226. The van der Waals surface area contributed by atoms with Crippen LogP contribution in [0.1, 0.15) is 61.9 Å². The molecule has 0 aliphatic heterocycles. The van der Waals surface area contributed by atoms with Crippen molar-refractivity contribution in [2.75, 3.05) is 0 Å². The van der Waals surface area contributed by atoms with Gasteiger partial charge in [0, 0.05) is 36.3 Å². The van der Waals surface area contributed by atoms with Crippen LogP contribution in [0, 0.1) is 5.92 Å². The largest absolute Gasteiger partial charge is 0.349 e. The third-order valence-electron chi connectivity index (χ3n) is 4.52. The molecule has 0 spiro atoms. The van der Waals surface area contributed by atoms with Gasteiger partial charge in [0.2, 0.25) is 5.91 Å². The summed E-state index contributed by atoms with van der Waals surface area (Å²) in [5.74, 6) is 1.55. The number of fused-ring (bicyclic) bond motifs is 1. The highest BCUT2D eigenvalue weighted by atomic mass is 16.1. The van der Waals surface area contributed by atoms with E-state index in [0.29, 0.717) is 5.92 Å². The van der Waals surface area contributed by atoms with Gasteiger partial charge in [-0.2, -0.15) is 0 Å². The smallest absolute Gasteiger partial charge is 0.223 e. The number of aromatic amines is 1. The molecule has 5 heteroatoms. The first-order chi connectivity index (χ1) is 11.0. The van der Waals surface area contributed by atoms with E-state index >= 15 is 0 Å². The molecule has 3 rings (SSSR count). The number of H-pyrrole nitrogens is 1. The summed E-state index contributed by atoms with van der Waals surface area (Å²) in [5.41, 5.74) is 3.30. The summed E-state index contributed by atoms with van der Waals surface area (Å²) in [6.45, 7) is 6.25. The molecule has 23 heavy (non-hydrogen) atoms. The van der Waals surface area contributed by atoms with E-state index < -0.39 is 0 Å². The summed E-state index contributed by atoms with van der Waals surface area (Å²) in [6.07, 6.45) is 6.03. The van der Waals surface area contributed by atoms with Gasteiger partial charge in [0.25, 0.3) is 0 Å². The predicted octanol–water partition coefficient (Wildman–Crippen LogP) is 2.91. The second kappa shape index (κ2) is 6.52. The normalized spacial score (nSPS) is 18.5. The highest BCUT2D eigenvalue weighted by Crippen LogP contribution is 2.26. The van der Waals surface area contributed by atoms with E-state index in [1.54, 1.807) is 12.4 Å². The van der Waals surface area contributed by atoms with Gasteiger partial charge < -0.3 is 10.3 Å². The fraction of sp³-hybridized carbons (Fsp3) is 0.500. The summed E-state index contributed by atoms with van der Waals surface area (Å²) in [4.78, 5) is 24.7. The fourth-order valence-corrected chi connectivity index (χ4v) is 3.05. The molecule has 0 aromatic carbocycles. The molecule has 1 amide bonds. The van der Waals surface area contributed by atoms with Crippen LogP contribution in [0.15, 0.2) is 24.5 Å². The maximum atomic E-state index is 12.6. The Hall–Kier alpha value is -2.17. The standard InChI is InChI=1S/C18H24N4O/c1-11(2)17-21-15-7-6-13(9-16(15)22-17)18(23)20-12(3)14-5-4-8-19-10-14/h4-5,8,10-13H,6-7,9H2,1-3H3,(H,20,23)(H,21,22)/t12-,13+/m1/s1. The predicted molar refractivity (Wildman–Crippen MR) is 89.0 cm³/mol. The van der Waals surface area contributed by atoms with E-state index in [2.05, 4.69) is 34.1 Å². The zero-order valence-corrected chi connectivity index (χ0v) is 14.0. The molecule has 5 nitrogen and oxygen atoms in total. The maximum absolute atomic E-state index is 12.6. The molecule has 2 aromatic rings. The summed E-state index contributed by atoms with van der Waals surface area (Å²) in [5, 5.41) is 3.11. The van der Waals surface area contributed by atoms with Crippen molar-refractivity contribution in [1.29, 1.82) is 0 Å². The third-order valence-corrected chi connectivity index (χ3v) is 4.52. The van der Waals surface area contributed by atoms with Crippen LogP contribution < -0.4 is 5.32 Å². The van der Waals surface area contributed by atoms with Crippen molar-refractivity contribution >= 4 is 5.91 Å². The molecule has 1 aliphatic rings. The molecule has 2 atom stereocenters. The molecule has 122 valence electrons. The minimum Gasteiger partial charge on any atom is -0.349 e. The molecule has 1 aliphatic carbocycles. The van der Waals surface area contributed by atoms with Crippen molar-refractivity contribution in [2.24, 2.45) is 5.92 Å². The van der Waals surface area contributed by atoms with Crippen molar-refractivity contribution in [3.8, 4) is 0 Å². The van der Waals surface area contributed by atoms with Crippen molar-refractivity contribution < 1.29 is 4.79 Å². The van der Waals surface area contributed by atoms with E-state index in [9.17, 15) is 4.79 Å². The number of hydrogen-bond acceptors (Lipinski definition) is 3. The summed E-state index contributed by atoms with van der Waals surface area (Å²) in [6, 6.07) is 3.86. The zero-order valence-electron chi connectivity index (χ0n) is 14.0. The zero-order chi connectivity index (χ0) is 16.4. The number of pyridine rings is 1. The number of nitrogens with one attached hydrogen (secondary N) is 2. The van der Waals surface area contributed by atoms with E-state index in [-0.39, 0.29) is 17.9 Å². The van der Waals surface area contributed by atoms with Gasteiger partial charge in [-0.3, -0.25) is 9.78 Å². The maximum Gasteiger partial charge on any atom is 0.223 e. The lowest BCUT2D eigenvalue weighted by Gasteiger charge is -2.23. The Kier molecular flexibility index (Phi) is 4.46. The van der Waals surface area contributed by atoms with Gasteiger partial charge >= 0.3 is 0 Å². The monoisotopic (exact) mass is 312 g/mol. The van der Waals surface area contributed by atoms with Gasteiger partial charge in [0.1, 0.15) is 5.82 Å². The number of hydrogen-bond donors (Lipinski definition) is 2. The van der Waals surface area contributed by atoms with Crippen LogP contribution in [0.4, 0.5) is 0 Å². The van der Waals surface area contributed by atoms with Crippen LogP contribution in [0.3, 0.4) is 0 Å². The summed E-state index contributed by atoms with van der Waals surface area (Å²) >= 11 is 0. The third kappa shape index (κ3) is 3.44. The lowest BCUT2D eigenvalue weighted by atomic mass is 9.89. The number of carbonyl (C=O) groups excluding carboxylic acids is 1. The van der Waals surface area contributed by atoms with Gasteiger partial charge in [0.05, 0.1) is 11.7 Å². The molecule has 2 heterocycles. The van der Waals surface area contributed by atoms with Crippen LogP contribution in [0.25, 0.3) is 0 Å². The lowest BCUT2D eigenvalue weighted by Crippen LogP contribution is -2.35. The van der Waals surface area contributed by atoms with Crippen molar-refractivity contribution in [3.63, 3.8) is 0 Å². The Labute approximate surface area is 136 Å². The topological polar surface area (TPSA) is 70.7 Å². The van der Waals surface area contributed by atoms with Gasteiger partial charge in [-0.05, 0) is 31.4 Å². The number of carbonyl (C=O) groups is 1. The number of amides is 1. The molecule has 2 aromatic heterocycles. The minimum absolute atomic E-state index is 0.0158.